The third-order valence-corrected chi connectivity index (χ3v) is 4.98. The van der Waals surface area contributed by atoms with Gasteiger partial charge >= 0.3 is 0 Å². The molecule has 5 heteroatoms. The van der Waals surface area contributed by atoms with E-state index in [4.69, 9.17) is 0 Å². The van der Waals surface area contributed by atoms with Gasteiger partial charge in [-0.15, -0.1) is 0 Å². The van der Waals surface area contributed by atoms with Crippen LogP contribution in [0, 0.1) is 35.0 Å². The lowest BCUT2D eigenvalue weighted by atomic mass is 9.83. The number of nitriles is 1. The minimum atomic E-state index is -1.24. The summed E-state index contributed by atoms with van der Waals surface area (Å²) in [6.45, 7) is 0. The van der Waals surface area contributed by atoms with Crippen LogP contribution < -0.4 is 5.32 Å². The first kappa shape index (κ1) is 14.7. The molecule has 1 aromatic heterocycles. The number of ketones is 1. The van der Waals surface area contributed by atoms with Crippen molar-refractivity contribution in [1.29, 1.82) is 5.26 Å². The van der Waals surface area contributed by atoms with E-state index in [1.54, 1.807) is 24.4 Å². The van der Waals surface area contributed by atoms with Gasteiger partial charge in [0.2, 0.25) is 0 Å². The molecule has 22 heavy (non-hydrogen) atoms. The molecule has 1 N–H and O–H groups in total. The Morgan fingerprint density at radius 2 is 2.23 bits per heavy atom. The van der Waals surface area contributed by atoms with E-state index in [2.05, 4.69) is 10.3 Å². The van der Waals surface area contributed by atoms with Crippen molar-refractivity contribution in [3.05, 3.63) is 24.4 Å². The molecule has 0 unspecified atom stereocenters. The molecule has 2 aliphatic carbocycles. The molecule has 114 valence electrons. The summed E-state index contributed by atoms with van der Waals surface area (Å²) in [7, 11) is 0. The standard InChI is InChI=1S/C17H19N3O2/c18-10-14(17(22)20-16-3-1-2-6-19-16)15(21)9-13-8-11-4-5-12(13)7-11/h1-3,6,11-14H,4-5,7-9H2,(H,19,20,22)/t11-,12-,13-,14+/m0/s1. The molecule has 0 aliphatic heterocycles. The van der Waals surface area contributed by atoms with Gasteiger partial charge in [0.1, 0.15) is 5.82 Å². The van der Waals surface area contributed by atoms with Gasteiger partial charge in [0, 0.05) is 12.6 Å². The lowest BCUT2D eigenvalue weighted by Crippen LogP contribution is -2.30. The van der Waals surface area contributed by atoms with Crippen molar-refractivity contribution in [2.75, 3.05) is 5.32 Å². The monoisotopic (exact) mass is 297 g/mol. The number of anilines is 1. The van der Waals surface area contributed by atoms with E-state index in [-0.39, 0.29) is 5.78 Å². The first-order valence-electron chi connectivity index (χ1n) is 7.81. The van der Waals surface area contributed by atoms with Crippen LogP contribution in [-0.2, 0) is 9.59 Å². The normalized spacial score (nSPS) is 27.1. The molecule has 0 aromatic carbocycles. The highest BCUT2D eigenvalue weighted by Crippen LogP contribution is 2.49. The summed E-state index contributed by atoms with van der Waals surface area (Å²) in [4.78, 5) is 28.4. The maximum absolute atomic E-state index is 12.3. The van der Waals surface area contributed by atoms with Crippen molar-refractivity contribution < 1.29 is 9.59 Å². The topological polar surface area (TPSA) is 82.8 Å². The smallest absolute Gasteiger partial charge is 0.250 e. The highest BCUT2D eigenvalue weighted by molar-refractivity contribution is 6.09. The predicted octanol–water partition coefficient (Wildman–Crippen LogP) is 2.56. The number of carbonyl (C=O) groups is 2. The minimum absolute atomic E-state index is 0.256. The Morgan fingerprint density at radius 1 is 1.36 bits per heavy atom. The number of fused-ring (bicyclic) bond motifs is 2. The van der Waals surface area contributed by atoms with Crippen LogP contribution in [0.1, 0.15) is 32.1 Å². The molecule has 2 bridgehead atoms. The number of Topliss-reactive ketones (excluding diaryl/α,β-unsaturated/α-hetero) is 1. The number of nitrogens with one attached hydrogen (secondary N) is 1. The Hall–Kier alpha value is -2.22. The number of carbonyl (C=O) groups excluding carboxylic acids is 2. The third-order valence-electron chi connectivity index (χ3n) is 4.98. The molecule has 2 saturated carbocycles. The molecule has 3 rings (SSSR count). The van der Waals surface area contributed by atoms with E-state index in [0.717, 1.165) is 12.3 Å². The van der Waals surface area contributed by atoms with Crippen molar-refractivity contribution in [1.82, 2.24) is 4.98 Å². The SMILES string of the molecule is N#C[C@H](C(=O)C[C@@H]1C[C@H]2CC[C@H]1C2)C(=O)Nc1ccccn1. The summed E-state index contributed by atoms with van der Waals surface area (Å²) in [6.07, 6.45) is 6.67. The maximum Gasteiger partial charge on any atom is 0.250 e. The van der Waals surface area contributed by atoms with Gasteiger partial charge in [0.15, 0.2) is 11.7 Å². The van der Waals surface area contributed by atoms with Crippen LogP contribution in [0.5, 0.6) is 0 Å². The highest BCUT2D eigenvalue weighted by Gasteiger charge is 2.41. The van der Waals surface area contributed by atoms with Gasteiger partial charge < -0.3 is 5.32 Å². The van der Waals surface area contributed by atoms with Crippen LogP contribution in [0.2, 0.25) is 0 Å². The lowest BCUT2D eigenvalue weighted by Gasteiger charge is -2.21. The summed E-state index contributed by atoms with van der Waals surface area (Å²) in [5.74, 6) is 0.0343. The number of rotatable bonds is 5. The van der Waals surface area contributed by atoms with Gasteiger partial charge in [-0.25, -0.2) is 4.98 Å². The second-order valence-corrected chi connectivity index (χ2v) is 6.37. The zero-order valence-corrected chi connectivity index (χ0v) is 12.4. The quantitative estimate of drug-likeness (QED) is 0.847. The number of aromatic nitrogens is 1. The maximum atomic E-state index is 12.3. The van der Waals surface area contributed by atoms with Crippen molar-refractivity contribution >= 4 is 17.5 Å². The fourth-order valence-corrected chi connectivity index (χ4v) is 3.91. The molecule has 2 fully saturated rings. The lowest BCUT2D eigenvalue weighted by molar-refractivity contribution is -0.129. The predicted molar refractivity (Wildman–Crippen MR) is 80.5 cm³/mol. The molecule has 0 saturated heterocycles. The second kappa shape index (κ2) is 6.27. The molecule has 5 nitrogen and oxygen atoms in total. The molecule has 2 aliphatic rings. The van der Waals surface area contributed by atoms with Gasteiger partial charge in [-0.3, -0.25) is 9.59 Å². The zero-order chi connectivity index (χ0) is 15.5. The number of hydrogen-bond donors (Lipinski definition) is 1. The average Bonchev–Trinajstić information content (AvgIpc) is 3.11. The molecule has 1 aromatic rings. The molecule has 4 atom stereocenters. The fraction of sp³-hybridized carbons (Fsp3) is 0.529. The third kappa shape index (κ3) is 3.01. The molecule has 0 radical (unpaired) electrons. The van der Waals surface area contributed by atoms with E-state index < -0.39 is 11.8 Å². The van der Waals surface area contributed by atoms with Crippen LogP contribution in [0.3, 0.4) is 0 Å². The Balaban J connectivity index is 1.59. The van der Waals surface area contributed by atoms with Gasteiger partial charge in [-0.1, -0.05) is 12.5 Å². The van der Waals surface area contributed by atoms with Crippen LogP contribution in [-0.4, -0.2) is 16.7 Å². The van der Waals surface area contributed by atoms with Crippen LogP contribution in [0.25, 0.3) is 0 Å². The van der Waals surface area contributed by atoms with Crippen LogP contribution in [0.4, 0.5) is 5.82 Å². The number of pyridine rings is 1. The van der Waals surface area contributed by atoms with E-state index in [9.17, 15) is 14.9 Å². The number of amides is 1. The van der Waals surface area contributed by atoms with E-state index >= 15 is 0 Å². The van der Waals surface area contributed by atoms with Crippen LogP contribution >= 0.6 is 0 Å². The average molecular weight is 297 g/mol. The Kier molecular flexibility index (Phi) is 4.19. The second-order valence-electron chi connectivity index (χ2n) is 6.37. The van der Waals surface area contributed by atoms with E-state index in [1.165, 1.54) is 19.3 Å². The summed E-state index contributed by atoms with van der Waals surface area (Å²) >= 11 is 0. The number of nitrogens with zero attached hydrogens (tertiary/aromatic N) is 2. The summed E-state index contributed by atoms with van der Waals surface area (Å²) in [5, 5.41) is 11.7. The largest absolute Gasteiger partial charge is 0.309 e. The van der Waals surface area contributed by atoms with Gasteiger partial charge in [0.05, 0.1) is 6.07 Å². The number of hydrogen-bond acceptors (Lipinski definition) is 4. The van der Waals surface area contributed by atoms with Gasteiger partial charge in [-0.05, 0) is 49.1 Å². The molecule has 1 amide bonds. The molecular formula is C17H19N3O2. The van der Waals surface area contributed by atoms with Crippen molar-refractivity contribution in [2.24, 2.45) is 23.7 Å². The van der Waals surface area contributed by atoms with Crippen molar-refractivity contribution in [3.63, 3.8) is 0 Å². The highest BCUT2D eigenvalue weighted by atomic mass is 16.2. The summed E-state index contributed by atoms with van der Waals surface area (Å²) < 4.78 is 0. The van der Waals surface area contributed by atoms with Crippen molar-refractivity contribution in [2.45, 2.75) is 32.1 Å². The Bertz CT molecular complexity index is 608. The fourth-order valence-electron chi connectivity index (χ4n) is 3.91. The molecular weight excluding hydrogens is 278 g/mol. The van der Waals surface area contributed by atoms with Gasteiger partial charge in [0.25, 0.3) is 5.91 Å². The first-order valence-corrected chi connectivity index (χ1v) is 7.81. The first-order chi connectivity index (χ1) is 10.7. The zero-order valence-electron chi connectivity index (χ0n) is 12.4. The van der Waals surface area contributed by atoms with Crippen LogP contribution in [0.15, 0.2) is 24.4 Å². The van der Waals surface area contributed by atoms with E-state index in [0.29, 0.717) is 24.1 Å². The minimum Gasteiger partial charge on any atom is -0.309 e. The van der Waals surface area contributed by atoms with Gasteiger partial charge in [-0.2, -0.15) is 5.26 Å². The van der Waals surface area contributed by atoms with E-state index in [1.807, 2.05) is 6.07 Å². The Labute approximate surface area is 129 Å². The summed E-state index contributed by atoms with van der Waals surface area (Å²) in [6, 6.07) is 6.95. The summed E-state index contributed by atoms with van der Waals surface area (Å²) in [5.41, 5.74) is 0. The molecule has 1 heterocycles. The van der Waals surface area contributed by atoms with Crippen molar-refractivity contribution in [3.8, 4) is 6.07 Å². The molecule has 0 spiro atoms. The Morgan fingerprint density at radius 3 is 2.82 bits per heavy atom.